The van der Waals surface area contributed by atoms with Crippen LogP contribution >= 0.6 is 0 Å². The van der Waals surface area contributed by atoms with Gasteiger partial charge in [0.2, 0.25) is 6.29 Å². The lowest BCUT2D eigenvalue weighted by molar-refractivity contribution is 0.564. The first-order valence-electron chi connectivity index (χ1n) is 2.84. The molecular formula is C7H11O. The summed E-state index contributed by atoms with van der Waals surface area (Å²) in [5.41, 5.74) is 1.11. The first kappa shape index (κ1) is 7.41. The van der Waals surface area contributed by atoms with E-state index in [1.165, 1.54) is 6.08 Å². The third-order valence-electron chi connectivity index (χ3n) is 0.950. The minimum absolute atomic E-state index is 1.01. The smallest absolute Gasteiger partial charge is 0.225 e. The molecule has 45 valence electrons. The average molecular weight is 111 g/mol. The Labute approximate surface area is 50.4 Å². The van der Waals surface area contributed by atoms with Crippen LogP contribution in [0.4, 0.5) is 0 Å². The fourth-order valence-electron chi connectivity index (χ4n) is 0.567. The molecule has 0 heterocycles. The van der Waals surface area contributed by atoms with Crippen molar-refractivity contribution in [3.63, 3.8) is 0 Å². The number of hydrogen-bond acceptors (Lipinski definition) is 1. The fourth-order valence-corrected chi connectivity index (χ4v) is 0.567. The van der Waals surface area contributed by atoms with E-state index in [9.17, 15) is 4.79 Å². The first-order chi connectivity index (χ1) is 3.81. The molecule has 0 aromatic heterocycles. The SMILES string of the molecule is CCCC(C)=C[C]=O. The summed E-state index contributed by atoms with van der Waals surface area (Å²) in [6.45, 7) is 4.02. The molecule has 0 amide bonds. The summed E-state index contributed by atoms with van der Waals surface area (Å²) < 4.78 is 0. The average Bonchev–Trinajstić information content (AvgIpc) is 1.68. The van der Waals surface area contributed by atoms with Crippen molar-refractivity contribution in [2.24, 2.45) is 0 Å². The molecule has 0 fully saturated rings. The van der Waals surface area contributed by atoms with Gasteiger partial charge in [-0.05, 0) is 19.4 Å². The summed E-state index contributed by atoms with van der Waals surface area (Å²) in [6, 6.07) is 0. The second kappa shape index (κ2) is 4.57. The molecule has 0 spiro atoms. The van der Waals surface area contributed by atoms with Gasteiger partial charge in [-0.3, -0.25) is 4.79 Å². The standard InChI is InChI=1S/C7H11O/c1-3-4-7(2)5-6-8/h5H,3-4H2,1-2H3. The van der Waals surface area contributed by atoms with Gasteiger partial charge in [-0.15, -0.1) is 0 Å². The Kier molecular flexibility index (Phi) is 4.23. The molecule has 0 atom stereocenters. The molecule has 1 radical (unpaired) electrons. The van der Waals surface area contributed by atoms with E-state index >= 15 is 0 Å². The molecule has 0 bridgehead atoms. The van der Waals surface area contributed by atoms with Crippen molar-refractivity contribution in [3.05, 3.63) is 11.6 Å². The van der Waals surface area contributed by atoms with Gasteiger partial charge >= 0.3 is 0 Å². The Balaban J connectivity index is 3.44. The normalized spacial score (nSPS) is 11.5. The van der Waals surface area contributed by atoms with Crippen LogP contribution in [0.3, 0.4) is 0 Å². The van der Waals surface area contributed by atoms with Gasteiger partial charge in [0.05, 0.1) is 0 Å². The highest BCUT2D eigenvalue weighted by molar-refractivity contribution is 5.66. The fraction of sp³-hybridized carbons (Fsp3) is 0.571. The molecule has 0 saturated heterocycles. The van der Waals surface area contributed by atoms with Gasteiger partial charge in [-0.2, -0.15) is 0 Å². The van der Waals surface area contributed by atoms with Gasteiger partial charge < -0.3 is 0 Å². The van der Waals surface area contributed by atoms with E-state index in [4.69, 9.17) is 0 Å². The van der Waals surface area contributed by atoms with Crippen molar-refractivity contribution in [3.8, 4) is 0 Å². The number of rotatable bonds is 3. The molecule has 1 heteroatoms. The van der Waals surface area contributed by atoms with Crippen molar-refractivity contribution >= 4 is 6.29 Å². The second-order valence-corrected chi connectivity index (χ2v) is 1.86. The molecule has 0 aromatic carbocycles. The summed E-state index contributed by atoms with van der Waals surface area (Å²) in [4.78, 5) is 9.69. The van der Waals surface area contributed by atoms with Crippen molar-refractivity contribution in [2.45, 2.75) is 26.7 Å². The molecule has 0 N–H and O–H groups in total. The highest BCUT2D eigenvalue weighted by Gasteiger charge is 1.83. The number of allylic oxidation sites excluding steroid dienone is 2. The van der Waals surface area contributed by atoms with Crippen molar-refractivity contribution in [2.75, 3.05) is 0 Å². The second-order valence-electron chi connectivity index (χ2n) is 1.86. The lowest BCUT2D eigenvalue weighted by Crippen LogP contribution is -1.74. The highest BCUT2D eigenvalue weighted by atomic mass is 16.1. The Morgan fingerprint density at radius 1 is 1.75 bits per heavy atom. The van der Waals surface area contributed by atoms with Crippen molar-refractivity contribution in [1.82, 2.24) is 0 Å². The molecule has 0 aliphatic carbocycles. The van der Waals surface area contributed by atoms with E-state index in [2.05, 4.69) is 6.92 Å². The van der Waals surface area contributed by atoms with E-state index in [0.717, 1.165) is 18.4 Å². The first-order valence-corrected chi connectivity index (χ1v) is 2.84. The van der Waals surface area contributed by atoms with Crippen molar-refractivity contribution in [1.29, 1.82) is 0 Å². The molecule has 0 unspecified atom stereocenters. The molecule has 0 aromatic rings. The van der Waals surface area contributed by atoms with Crippen LogP contribution in [0.1, 0.15) is 26.7 Å². The van der Waals surface area contributed by atoms with E-state index in [-0.39, 0.29) is 0 Å². The Morgan fingerprint density at radius 3 is 2.75 bits per heavy atom. The van der Waals surface area contributed by atoms with Crippen LogP contribution < -0.4 is 0 Å². The highest BCUT2D eigenvalue weighted by Crippen LogP contribution is 2.00. The lowest BCUT2D eigenvalue weighted by Gasteiger charge is -1.90. The van der Waals surface area contributed by atoms with Crippen LogP contribution in [-0.4, -0.2) is 6.29 Å². The minimum Gasteiger partial charge on any atom is -0.286 e. The lowest BCUT2D eigenvalue weighted by atomic mass is 10.2. The maximum atomic E-state index is 9.69. The maximum absolute atomic E-state index is 9.69. The summed E-state index contributed by atoms with van der Waals surface area (Å²) in [5, 5.41) is 0. The van der Waals surface area contributed by atoms with Gasteiger partial charge in [0.15, 0.2) is 0 Å². The zero-order valence-corrected chi connectivity index (χ0v) is 5.40. The van der Waals surface area contributed by atoms with Crippen LogP contribution in [0, 0.1) is 0 Å². The van der Waals surface area contributed by atoms with Crippen LogP contribution in [0.15, 0.2) is 11.6 Å². The zero-order valence-electron chi connectivity index (χ0n) is 5.40. The molecule has 8 heavy (non-hydrogen) atoms. The van der Waals surface area contributed by atoms with Gasteiger partial charge in [-0.1, -0.05) is 18.9 Å². The predicted octanol–water partition coefficient (Wildman–Crippen LogP) is 1.84. The molecule has 0 saturated carbocycles. The van der Waals surface area contributed by atoms with E-state index in [1.54, 1.807) is 6.29 Å². The van der Waals surface area contributed by atoms with Crippen LogP contribution in [0.25, 0.3) is 0 Å². The zero-order chi connectivity index (χ0) is 6.41. The largest absolute Gasteiger partial charge is 0.286 e. The number of carbonyl (C=O) groups excluding carboxylic acids is 1. The third kappa shape index (κ3) is 3.59. The molecule has 0 rings (SSSR count). The summed E-state index contributed by atoms with van der Waals surface area (Å²) in [5.74, 6) is 0. The maximum Gasteiger partial charge on any atom is 0.225 e. The van der Waals surface area contributed by atoms with Crippen LogP contribution in [0.5, 0.6) is 0 Å². The Bertz CT molecular complexity index is 92.6. The summed E-state index contributed by atoms with van der Waals surface area (Å²) in [7, 11) is 0. The van der Waals surface area contributed by atoms with Gasteiger partial charge in [0, 0.05) is 0 Å². The minimum atomic E-state index is 1.01. The quantitative estimate of drug-likeness (QED) is 0.508. The molecular weight excluding hydrogens is 100 g/mol. The van der Waals surface area contributed by atoms with Crippen LogP contribution in [-0.2, 0) is 4.79 Å². The Morgan fingerprint density at radius 2 is 2.38 bits per heavy atom. The van der Waals surface area contributed by atoms with Gasteiger partial charge in [0.25, 0.3) is 0 Å². The monoisotopic (exact) mass is 111 g/mol. The predicted molar refractivity (Wildman–Crippen MR) is 34.4 cm³/mol. The van der Waals surface area contributed by atoms with Gasteiger partial charge in [-0.25, -0.2) is 0 Å². The van der Waals surface area contributed by atoms with Crippen LogP contribution in [0.2, 0.25) is 0 Å². The topological polar surface area (TPSA) is 17.1 Å². The van der Waals surface area contributed by atoms with E-state index in [0.29, 0.717) is 0 Å². The molecule has 0 aliphatic rings. The van der Waals surface area contributed by atoms with E-state index in [1.807, 2.05) is 6.92 Å². The van der Waals surface area contributed by atoms with Gasteiger partial charge in [0.1, 0.15) is 0 Å². The molecule has 0 aliphatic heterocycles. The third-order valence-corrected chi connectivity index (χ3v) is 0.950. The number of hydrogen-bond donors (Lipinski definition) is 0. The molecule has 1 nitrogen and oxygen atoms in total. The van der Waals surface area contributed by atoms with E-state index < -0.39 is 0 Å². The summed E-state index contributed by atoms with van der Waals surface area (Å²) >= 11 is 0. The van der Waals surface area contributed by atoms with Crippen molar-refractivity contribution < 1.29 is 4.79 Å². The summed E-state index contributed by atoms with van der Waals surface area (Å²) in [6.07, 6.45) is 5.34. The Hall–Kier alpha value is -0.590.